The van der Waals surface area contributed by atoms with E-state index < -0.39 is 0 Å². The molecule has 0 fully saturated rings. The molecule has 218 valence electrons. The van der Waals surface area contributed by atoms with Crippen LogP contribution in [0.3, 0.4) is 0 Å². The highest BCUT2D eigenvalue weighted by molar-refractivity contribution is 7.29. The molecule has 4 aromatic carbocycles. The summed E-state index contributed by atoms with van der Waals surface area (Å²) in [4.78, 5) is 0. The first-order chi connectivity index (χ1) is 20.0. The molecule has 0 aliphatic carbocycles. The highest BCUT2D eigenvalue weighted by Crippen LogP contribution is 2.42. The fraction of sp³-hybridized carbons (Fsp3) is 0.450. The molecule has 1 unspecified atom stereocenters. The number of rotatable bonds is 14. The third kappa shape index (κ3) is 6.65. The molecule has 0 nitrogen and oxygen atoms in total. The third-order valence-corrected chi connectivity index (χ3v) is 9.34. The molecule has 0 saturated heterocycles. The second-order valence-corrected chi connectivity index (χ2v) is 12.5. The van der Waals surface area contributed by atoms with Crippen LogP contribution in [0, 0.1) is 0 Å². The van der Waals surface area contributed by atoms with Crippen LogP contribution in [0.5, 0.6) is 0 Å². The lowest BCUT2D eigenvalue weighted by atomic mass is 9.80. The molecule has 41 heavy (non-hydrogen) atoms. The Labute approximate surface area is 253 Å². The van der Waals surface area contributed by atoms with Gasteiger partial charge in [-0.2, -0.15) is 0 Å². The first-order valence-electron chi connectivity index (χ1n) is 16.6. The average Bonchev–Trinajstić information content (AvgIpc) is 2.97. The Kier molecular flexibility index (Phi) is 11.6. The minimum Gasteiger partial charge on any atom is -0.104 e. The van der Waals surface area contributed by atoms with E-state index in [1.807, 2.05) is 0 Å². The van der Waals surface area contributed by atoms with Crippen molar-refractivity contribution in [2.24, 2.45) is 0 Å². The van der Waals surface area contributed by atoms with Gasteiger partial charge in [-0.15, -0.1) is 9.24 Å². The molecule has 0 saturated carbocycles. The molecule has 0 aliphatic heterocycles. The van der Waals surface area contributed by atoms with Gasteiger partial charge in [0, 0.05) is 0 Å². The van der Waals surface area contributed by atoms with Crippen LogP contribution >= 0.6 is 9.24 Å². The molecular weight excluding hydrogens is 511 g/mol. The van der Waals surface area contributed by atoms with E-state index in [0.29, 0.717) is 0 Å². The Morgan fingerprint density at radius 1 is 0.463 bits per heavy atom. The second kappa shape index (κ2) is 15.2. The standard InChI is InChI=1S/C40H53P/c1-7-15-28-23-25-36(34(19-11-5)31(28)17-9-3)38-27-30-21-13-14-22-33(30)40(41)39(38)37-26-24-29(16-8-2)32(18-10-4)35(37)20-12-6/h13-14,21-27H,7-12,15-20,41H2,1-6H3. The second-order valence-electron chi connectivity index (χ2n) is 11.9. The van der Waals surface area contributed by atoms with Crippen LogP contribution in [0.2, 0.25) is 0 Å². The Balaban J connectivity index is 2.14. The highest BCUT2D eigenvalue weighted by Gasteiger charge is 2.22. The summed E-state index contributed by atoms with van der Waals surface area (Å²) < 4.78 is 0. The molecular formula is C40H53P. The van der Waals surface area contributed by atoms with Crippen LogP contribution < -0.4 is 5.30 Å². The van der Waals surface area contributed by atoms with E-state index in [4.69, 9.17) is 0 Å². The van der Waals surface area contributed by atoms with E-state index in [1.54, 1.807) is 33.4 Å². The first kappa shape index (κ1) is 31.5. The topological polar surface area (TPSA) is 0 Å². The number of aryl methyl sites for hydroxylation is 2. The van der Waals surface area contributed by atoms with Gasteiger partial charge in [0.05, 0.1) is 0 Å². The van der Waals surface area contributed by atoms with Crippen molar-refractivity contribution in [3.63, 3.8) is 0 Å². The fourth-order valence-corrected chi connectivity index (χ4v) is 7.62. The minimum absolute atomic E-state index is 1.14. The van der Waals surface area contributed by atoms with Gasteiger partial charge in [-0.1, -0.05) is 129 Å². The predicted molar refractivity (Wildman–Crippen MR) is 188 cm³/mol. The van der Waals surface area contributed by atoms with Gasteiger partial charge in [0.2, 0.25) is 0 Å². The van der Waals surface area contributed by atoms with Gasteiger partial charge in [-0.3, -0.25) is 0 Å². The first-order valence-corrected chi connectivity index (χ1v) is 17.2. The lowest BCUT2D eigenvalue weighted by Crippen LogP contribution is -2.10. The Bertz CT molecular complexity index is 1460. The summed E-state index contributed by atoms with van der Waals surface area (Å²) in [7, 11) is 3.20. The van der Waals surface area contributed by atoms with Gasteiger partial charge in [0.15, 0.2) is 0 Å². The average molecular weight is 565 g/mol. The molecule has 0 aromatic heterocycles. The molecule has 0 aliphatic rings. The summed E-state index contributed by atoms with van der Waals surface area (Å²) in [6.07, 6.45) is 14.1. The summed E-state index contributed by atoms with van der Waals surface area (Å²) in [5, 5.41) is 4.03. The summed E-state index contributed by atoms with van der Waals surface area (Å²) in [6, 6.07) is 21.4. The van der Waals surface area contributed by atoms with Crippen molar-refractivity contribution in [3.8, 4) is 22.3 Å². The van der Waals surface area contributed by atoms with Gasteiger partial charge in [0.1, 0.15) is 0 Å². The lowest BCUT2D eigenvalue weighted by molar-refractivity contribution is 0.826. The van der Waals surface area contributed by atoms with E-state index in [1.165, 1.54) is 103 Å². The molecule has 4 rings (SSSR count). The van der Waals surface area contributed by atoms with E-state index in [-0.39, 0.29) is 0 Å². The maximum Gasteiger partial charge on any atom is -0.00243 e. The van der Waals surface area contributed by atoms with Crippen molar-refractivity contribution in [1.29, 1.82) is 0 Å². The van der Waals surface area contributed by atoms with Crippen LogP contribution in [0.25, 0.3) is 33.0 Å². The molecule has 0 N–H and O–H groups in total. The summed E-state index contributed by atoms with van der Waals surface area (Å²) in [6.45, 7) is 14.0. The third-order valence-electron chi connectivity index (χ3n) is 8.74. The SMILES string of the molecule is CCCc1ccc(-c2cc3ccccc3c(P)c2-c2ccc(CCC)c(CCC)c2CCC)c(CCC)c1CCC. The van der Waals surface area contributed by atoms with Crippen LogP contribution in [0.1, 0.15) is 113 Å². The smallest absolute Gasteiger partial charge is 0.00243 e. The van der Waals surface area contributed by atoms with Gasteiger partial charge in [0.25, 0.3) is 0 Å². The molecule has 0 radical (unpaired) electrons. The summed E-state index contributed by atoms with van der Waals surface area (Å²) >= 11 is 0. The Morgan fingerprint density at radius 2 is 0.927 bits per heavy atom. The van der Waals surface area contributed by atoms with Gasteiger partial charge < -0.3 is 0 Å². The molecule has 1 atom stereocenters. The van der Waals surface area contributed by atoms with Gasteiger partial charge in [-0.25, -0.2) is 0 Å². The molecule has 0 spiro atoms. The predicted octanol–water partition coefficient (Wildman–Crippen LogP) is 11.4. The fourth-order valence-electron chi connectivity index (χ4n) is 7.05. The maximum absolute atomic E-state index is 3.20. The summed E-state index contributed by atoms with van der Waals surface area (Å²) in [5.41, 5.74) is 15.3. The highest BCUT2D eigenvalue weighted by atomic mass is 31.0. The summed E-state index contributed by atoms with van der Waals surface area (Å²) in [5.74, 6) is 0. The normalized spacial score (nSPS) is 11.5. The molecule has 0 amide bonds. The van der Waals surface area contributed by atoms with Crippen molar-refractivity contribution < 1.29 is 0 Å². The number of hydrogen-bond donors (Lipinski definition) is 0. The number of hydrogen-bond acceptors (Lipinski definition) is 0. The van der Waals surface area contributed by atoms with Crippen molar-refractivity contribution in [1.82, 2.24) is 0 Å². The number of fused-ring (bicyclic) bond motifs is 1. The van der Waals surface area contributed by atoms with Crippen LogP contribution in [0.15, 0.2) is 54.6 Å². The van der Waals surface area contributed by atoms with Crippen LogP contribution in [-0.2, 0) is 38.5 Å². The maximum atomic E-state index is 3.20. The van der Waals surface area contributed by atoms with Gasteiger partial charge >= 0.3 is 0 Å². The zero-order valence-electron chi connectivity index (χ0n) is 26.8. The van der Waals surface area contributed by atoms with Crippen LogP contribution in [-0.4, -0.2) is 0 Å². The molecule has 4 aromatic rings. The monoisotopic (exact) mass is 564 g/mol. The van der Waals surface area contributed by atoms with Crippen molar-refractivity contribution in [2.75, 3.05) is 0 Å². The van der Waals surface area contributed by atoms with Gasteiger partial charge in [-0.05, 0) is 116 Å². The number of benzene rings is 4. The lowest BCUT2D eigenvalue weighted by Gasteiger charge is -2.25. The van der Waals surface area contributed by atoms with E-state index >= 15 is 0 Å². The molecule has 0 bridgehead atoms. The van der Waals surface area contributed by atoms with Crippen LogP contribution in [0.4, 0.5) is 0 Å². The zero-order valence-corrected chi connectivity index (χ0v) is 27.9. The van der Waals surface area contributed by atoms with E-state index in [0.717, 1.165) is 12.8 Å². The van der Waals surface area contributed by atoms with E-state index in [9.17, 15) is 0 Å². The molecule has 0 heterocycles. The van der Waals surface area contributed by atoms with Crippen molar-refractivity contribution in [2.45, 2.75) is 119 Å². The quantitative estimate of drug-likeness (QED) is 0.134. The van der Waals surface area contributed by atoms with E-state index in [2.05, 4.69) is 105 Å². The van der Waals surface area contributed by atoms with Crippen molar-refractivity contribution >= 4 is 25.3 Å². The Morgan fingerprint density at radius 3 is 1.46 bits per heavy atom. The Hall–Kier alpha value is -2.43. The largest absolute Gasteiger partial charge is 0.104 e. The molecule has 1 heteroatoms. The van der Waals surface area contributed by atoms with Crippen molar-refractivity contribution in [3.05, 3.63) is 88.0 Å². The zero-order chi connectivity index (χ0) is 29.4. The minimum atomic E-state index is 1.14.